The lowest BCUT2D eigenvalue weighted by molar-refractivity contribution is -0.125. The first-order valence-corrected chi connectivity index (χ1v) is 3.80. The van der Waals surface area contributed by atoms with Crippen LogP contribution in [0, 0.1) is 6.57 Å². The maximum Gasteiger partial charge on any atom is 0.195 e. The van der Waals surface area contributed by atoms with Crippen LogP contribution >= 0.6 is 0 Å². The maximum atomic E-state index is 9.63. The zero-order valence-corrected chi connectivity index (χ0v) is 7.05. The Morgan fingerprint density at radius 3 is 2.38 bits per heavy atom. The summed E-state index contributed by atoms with van der Waals surface area (Å²) in [5.74, 6) is 0. The summed E-state index contributed by atoms with van der Waals surface area (Å²) in [6.45, 7) is 7.91. The summed E-state index contributed by atoms with van der Waals surface area (Å²) >= 11 is 0. The van der Waals surface area contributed by atoms with Gasteiger partial charge in [-0.3, -0.25) is 0 Å². The maximum absolute atomic E-state index is 9.63. The monoisotopic (exact) mass is 185 g/mol. The van der Waals surface area contributed by atoms with Crippen LogP contribution in [0.1, 0.15) is 6.92 Å². The summed E-state index contributed by atoms with van der Waals surface area (Å²) in [6, 6.07) is 0. The van der Waals surface area contributed by atoms with Crippen LogP contribution in [-0.2, 0) is 0 Å². The van der Waals surface area contributed by atoms with Gasteiger partial charge >= 0.3 is 0 Å². The summed E-state index contributed by atoms with van der Waals surface area (Å²) in [5, 5.41) is 37.3. The van der Waals surface area contributed by atoms with Crippen LogP contribution in [0.15, 0.2) is 11.8 Å². The molecule has 0 spiro atoms. The Balaban J connectivity index is 3.05. The SMILES string of the molecule is [C-]#[N+]C1=CC(O)(C(C)O)C(O)C1O. The van der Waals surface area contributed by atoms with Crippen molar-refractivity contribution in [1.82, 2.24) is 0 Å². The van der Waals surface area contributed by atoms with Crippen LogP contribution in [-0.4, -0.2) is 44.3 Å². The molecule has 72 valence electrons. The minimum absolute atomic E-state index is 0.143. The van der Waals surface area contributed by atoms with E-state index in [9.17, 15) is 15.3 Å². The van der Waals surface area contributed by atoms with E-state index < -0.39 is 23.9 Å². The second kappa shape index (κ2) is 3.09. The number of rotatable bonds is 1. The van der Waals surface area contributed by atoms with Gasteiger partial charge in [-0.15, -0.1) is 0 Å². The quantitative estimate of drug-likeness (QED) is 0.380. The summed E-state index contributed by atoms with van der Waals surface area (Å²) in [7, 11) is 0. The topological polar surface area (TPSA) is 85.3 Å². The predicted octanol–water partition coefficient (Wildman–Crippen LogP) is -1.36. The molecule has 0 bridgehead atoms. The van der Waals surface area contributed by atoms with Gasteiger partial charge < -0.3 is 20.4 Å². The molecule has 5 nitrogen and oxygen atoms in total. The first-order chi connectivity index (χ1) is 5.93. The minimum Gasteiger partial charge on any atom is -0.396 e. The van der Waals surface area contributed by atoms with Gasteiger partial charge in [0.15, 0.2) is 5.70 Å². The van der Waals surface area contributed by atoms with Crippen LogP contribution in [0.5, 0.6) is 0 Å². The molecule has 4 N–H and O–H groups in total. The average molecular weight is 185 g/mol. The van der Waals surface area contributed by atoms with Gasteiger partial charge in [-0.05, 0) is 13.0 Å². The van der Waals surface area contributed by atoms with Crippen molar-refractivity contribution in [3.8, 4) is 0 Å². The second-order valence-electron chi connectivity index (χ2n) is 3.13. The fourth-order valence-corrected chi connectivity index (χ4v) is 1.29. The van der Waals surface area contributed by atoms with Crippen molar-refractivity contribution in [3.63, 3.8) is 0 Å². The van der Waals surface area contributed by atoms with E-state index in [4.69, 9.17) is 11.7 Å². The Hall–Kier alpha value is -0.930. The lowest BCUT2D eigenvalue weighted by atomic mass is 9.94. The molecular weight excluding hydrogens is 174 g/mol. The molecule has 13 heavy (non-hydrogen) atoms. The molecule has 0 amide bonds. The highest BCUT2D eigenvalue weighted by Gasteiger charge is 2.49. The van der Waals surface area contributed by atoms with Crippen molar-refractivity contribution < 1.29 is 20.4 Å². The second-order valence-corrected chi connectivity index (χ2v) is 3.13. The summed E-state index contributed by atoms with van der Waals surface area (Å²) in [4.78, 5) is 2.93. The average Bonchev–Trinajstić information content (AvgIpc) is 2.31. The van der Waals surface area contributed by atoms with Crippen molar-refractivity contribution >= 4 is 0 Å². The molecule has 1 aliphatic rings. The number of hydrogen-bond acceptors (Lipinski definition) is 4. The predicted molar refractivity (Wildman–Crippen MR) is 43.3 cm³/mol. The minimum atomic E-state index is -1.92. The van der Waals surface area contributed by atoms with Crippen LogP contribution < -0.4 is 0 Å². The highest BCUT2D eigenvalue weighted by molar-refractivity contribution is 5.33. The third kappa shape index (κ3) is 1.34. The third-order valence-corrected chi connectivity index (χ3v) is 2.25. The summed E-state index contributed by atoms with van der Waals surface area (Å²) in [5.41, 5.74) is -2.06. The number of aliphatic hydroxyl groups is 4. The van der Waals surface area contributed by atoms with E-state index in [1.165, 1.54) is 6.92 Å². The summed E-state index contributed by atoms with van der Waals surface area (Å²) < 4.78 is 0. The molecule has 0 aromatic heterocycles. The fourth-order valence-electron chi connectivity index (χ4n) is 1.29. The first-order valence-electron chi connectivity index (χ1n) is 3.80. The van der Waals surface area contributed by atoms with E-state index in [1.54, 1.807) is 0 Å². The summed E-state index contributed by atoms with van der Waals surface area (Å²) in [6.07, 6.45) is -3.20. The smallest absolute Gasteiger partial charge is 0.195 e. The standard InChI is InChI=1S/C8H11NO4/c1-4(10)8(13)3-5(9-2)6(11)7(8)12/h3-4,6-7,10-13H,1H3. The third-order valence-electron chi connectivity index (χ3n) is 2.25. The Bertz CT molecular complexity index is 280. The molecule has 0 aromatic rings. The zero-order valence-electron chi connectivity index (χ0n) is 7.05. The van der Waals surface area contributed by atoms with Gasteiger partial charge in [0, 0.05) is 0 Å². The Morgan fingerprint density at radius 2 is 2.15 bits per heavy atom. The molecule has 0 fully saturated rings. The van der Waals surface area contributed by atoms with E-state index in [-0.39, 0.29) is 5.70 Å². The number of hydrogen-bond donors (Lipinski definition) is 4. The van der Waals surface area contributed by atoms with Crippen molar-refractivity contribution in [1.29, 1.82) is 0 Å². The van der Waals surface area contributed by atoms with Gasteiger partial charge in [0.2, 0.25) is 0 Å². The van der Waals surface area contributed by atoms with Crippen molar-refractivity contribution in [2.24, 2.45) is 0 Å². The van der Waals surface area contributed by atoms with Gasteiger partial charge in [-0.2, -0.15) is 0 Å². The van der Waals surface area contributed by atoms with Gasteiger partial charge in [0.1, 0.15) is 17.8 Å². The van der Waals surface area contributed by atoms with Crippen molar-refractivity contribution in [3.05, 3.63) is 23.2 Å². The molecule has 0 radical (unpaired) electrons. The lowest BCUT2D eigenvalue weighted by Crippen LogP contribution is -2.50. The Kier molecular flexibility index (Phi) is 2.41. The molecule has 4 atom stereocenters. The van der Waals surface area contributed by atoms with Gasteiger partial charge in [-0.25, -0.2) is 4.85 Å². The Labute approximate surface area is 75.4 Å². The van der Waals surface area contributed by atoms with Crippen molar-refractivity contribution in [2.45, 2.75) is 30.8 Å². The first kappa shape index (κ1) is 10.2. The lowest BCUT2D eigenvalue weighted by Gasteiger charge is -2.29. The van der Waals surface area contributed by atoms with Crippen LogP contribution in [0.25, 0.3) is 4.85 Å². The highest BCUT2D eigenvalue weighted by Crippen LogP contribution is 2.32. The Morgan fingerprint density at radius 1 is 1.62 bits per heavy atom. The largest absolute Gasteiger partial charge is 0.396 e. The molecule has 4 unspecified atom stereocenters. The number of aliphatic hydroxyl groups excluding tert-OH is 3. The molecule has 0 saturated carbocycles. The molecule has 0 aliphatic heterocycles. The van der Waals surface area contributed by atoms with Crippen molar-refractivity contribution in [2.75, 3.05) is 0 Å². The van der Waals surface area contributed by atoms with Crippen LogP contribution in [0.2, 0.25) is 0 Å². The molecule has 0 heterocycles. The highest BCUT2D eigenvalue weighted by atomic mass is 16.4. The van der Waals surface area contributed by atoms with Gasteiger partial charge in [-0.1, -0.05) is 0 Å². The van der Waals surface area contributed by atoms with E-state index in [0.717, 1.165) is 6.08 Å². The molecule has 5 heteroatoms. The van der Waals surface area contributed by atoms with E-state index in [2.05, 4.69) is 4.85 Å². The van der Waals surface area contributed by atoms with E-state index >= 15 is 0 Å². The molecule has 0 saturated heterocycles. The zero-order chi connectivity index (χ0) is 10.2. The molecule has 0 aromatic carbocycles. The fraction of sp³-hybridized carbons (Fsp3) is 0.625. The van der Waals surface area contributed by atoms with Crippen LogP contribution in [0.4, 0.5) is 0 Å². The normalized spacial score (nSPS) is 41.1. The van der Waals surface area contributed by atoms with E-state index in [0.29, 0.717) is 0 Å². The molecule has 1 rings (SSSR count). The van der Waals surface area contributed by atoms with E-state index in [1.807, 2.05) is 0 Å². The molecular formula is C8H11NO4. The number of nitrogens with zero attached hydrogens (tertiary/aromatic N) is 1. The van der Waals surface area contributed by atoms with Gasteiger partial charge in [0.25, 0.3) is 0 Å². The van der Waals surface area contributed by atoms with Crippen LogP contribution in [0.3, 0.4) is 0 Å². The molecule has 1 aliphatic carbocycles. The van der Waals surface area contributed by atoms with Gasteiger partial charge in [0.05, 0.1) is 12.7 Å².